The number of hydrazine groups is 1. The molecule has 3 aliphatic carbocycles. The number of carbonyl (C=O) groups excluding carboxylic acids is 3. The van der Waals surface area contributed by atoms with Crippen LogP contribution in [0.2, 0.25) is 5.02 Å². The predicted octanol–water partition coefficient (Wildman–Crippen LogP) is 7.14. The van der Waals surface area contributed by atoms with Gasteiger partial charge in [0.05, 0.1) is 31.1 Å². The van der Waals surface area contributed by atoms with E-state index in [0.717, 1.165) is 89.8 Å². The molecule has 398 valence electrons. The highest BCUT2D eigenvalue weighted by Crippen LogP contribution is 2.51. The number of pyridine rings is 1. The molecule has 4 N–H and O–H groups in total. The van der Waals surface area contributed by atoms with Gasteiger partial charge in [0, 0.05) is 105 Å². The van der Waals surface area contributed by atoms with Crippen LogP contribution in [0.1, 0.15) is 117 Å². The third-order valence-corrected chi connectivity index (χ3v) is 18.4. The molecule has 4 unspecified atom stereocenters. The first-order valence-corrected chi connectivity index (χ1v) is 27.4. The van der Waals surface area contributed by atoms with Crippen molar-refractivity contribution >= 4 is 52.0 Å². The molecule has 12 rings (SSSR count). The summed E-state index contributed by atoms with van der Waals surface area (Å²) < 4.78 is 29.1. The van der Waals surface area contributed by atoms with Crippen molar-refractivity contribution in [3.8, 4) is 28.8 Å². The first kappa shape index (κ1) is 50.1. The Morgan fingerprint density at radius 1 is 0.907 bits per heavy atom. The summed E-state index contributed by atoms with van der Waals surface area (Å²) in [6.07, 6.45) is 13.6. The van der Waals surface area contributed by atoms with Crippen LogP contribution in [0.5, 0.6) is 17.5 Å². The number of halogens is 2. The number of hydrogen-bond acceptors (Lipinski definition) is 14. The van der Waals surface area contributed by atoms with E-state index < -0.39 is 29.9 Å². The zero-order valence-corrected chi connectivity index (χ0v) is 43.3. The highest BCUT2D eigenvalue weighted by molar-refractivity contribution is 6.32. The number of rotatable bonds is 14. The number of aliphatic carboxylic acids is 1. The fraction of sp³-hybridized carbons (Fsp3) is 0.582. The van der Waals surface area contributed by atoms with Gasteiger partial charge < -0.3 is 34.4 Å². The van der Waals surface area contributed by atoms with Gasteiger partial charge in [0.2, 0.25) is 5.91 Å². The lowest BCUT2D eigenvalue weighted by molar-refractivity contribution is -0.147. The zero-order chi connectivity index (χ0) is 51.8. The number of carbonyl (C=O) groups is 4. The van der Waals surface area contributed by atoms with Gasteiger partial charge in [-0.05, 0) is 136 Å². The molecule has 4 amide bonds. The molecule has 0 radical (unpaired) electrons. The predicted molar refractivity (Wildman–Crippen MR) is 276 cm³/mol. The van der Waals surface area contributed by atoms with Crippen LogP contribution < -0.4 is 25.1 Å². The van der Waals surface area contributed by atoms with Crippen LogP contribution in [0.3, 0.4) is 0 Å². The first-order valence-electron chi connectivity index (χ1n) is 27.1. The Kier molecular flexibility index (Phi) is 13.4. The summed E-state index contributed by atoms with van der Waals surface area (Å²) in [5, 5.41) is 25.5. The Balaban J connectivity index is 0.651. The Bertz CT molecular complexity index is 2900. The number of likely N-dealkylation sites (tertiary alicyclic amines) is 1. The van der Waals surface area contributed by atoms with E-state index >= 15 is 4.39 Å². The number of methoxy groups -OCH3 is 1. The van der Waals surface area contributed by atoms with Crippen molar-refractivity contribution in [2.45, 2.75) is 101 Å². The van der Waals surface area contributed by atoms with Crippen LogP contribution in [-0.4, -0.2) is 154 Å². The van der Waals surface area contributed by atoms with Gasteiger partial charge in [-0.15, -0.1) is 0 Å². The number of nitrogens with one attached hydrogen (secondary N) is 2. The molecule has 7 heterocycles. The number of ether oxygens (including phenoxy) is 2. The fourth-order valence-corrected chi connectivity index (χ4v) is 13.7. The minimum Gasteiger partial charge on any atom is -0.508 e. The Morgan fingerprint density at radius 3 is 2.36 bits per heavy atom. The molecule has 8 aliphatic rings. The Hall–Kier alpha value is -5.73. The molecule has 5 aliphatic heterocycles. The van der Waals surface area contributed by atoms with E-state index in [0.29, 0.717) is 77.2 Å². The standard InChI is InChI=1S/C55H66ClFN10O8/c1-74-42-5-4-35(25-41(42)66-16-9-43(69)59-53(66)73)50(70)65-18-14-54(15-19-65)10-6-32(7-11-54)29-63-20-22-64(23-21-63)30-55(12-13-55)31-75-52-60-46(40-24-34-8-17-67(62-40)49(34)51(71)72)38-28-58-47(45(57)48(38)61-52)37-26-36(68)27-39(56)44(37)33-2-3-33/h4-5,25-28,32-34,40,49,62,68H,2-3,6-24,29-31H2,1H3,(H,71,72)(H,59,69,73). The number of benzene rings is 2. The monoisotopic (exact) mass is 1050 g/mol. The van der Waals surface area contributed by atoms with Gasteiger partial charge in [-0.3, -0.25) is 29.6 Å². The van der Waals surface area contributed by atoms with E-state index in [4.69, 9.17) is 31.0 Å². The molecule has 75 heavy (non-hydrogen) atoms. The van der Waals surface area contributed by atoms with E-state index in [-0.39, 0.29) is 70.4 Å². The van der Waals surface area contributed by atoms with Crippen molar-refractivity contribution in [3.63, 3.8) is 0 Å². The first-order chi connectivity index (χ1) is 36.2. The van der Waals surface area contributed by atoms with Crippen LogP contribution >= 0.6 is 11.6 Å². The highest BCUT2D eigenvalue weighted by atomic mass is 35.5. The maximum absolute atomic E-state index is 17.1. The molecule has 3 saturated carbocycles. The topological polar surface area (TPSA) is 206 Å². The van der Waals surface area contributed by atoms with Gasteiger partial charge in [0.15, 0.2) is 5.82 Å². The van der Waals surface area contributed by atoms with E-state index in [1.54, 1.807) is 29.4 Å². The second kappa shape index (κ2) is 20.0. The average Bonchev–Trinajstić information content (AvgIpc) is 4.35. The maximum Gasteiger partial charge on any atom is 0.328 e. The highest BCUT2D eigenvalue weighted by Gasteiger charge is 2.48. The number of aromatic hydroxyl groups is 1. The normalized spacial score (nSPS) is 25.9. The molecule has 2 bridgehead atoms. The van der Waals surface area contributed by atoms with Crippen LogP contribution in [0, 0.1) is 28.5 Å². The number of piperidine rings is 1. The van der Waals surface area contributed by atoms with Gasteiger partial charge in [0.1, 0.15) is 28.8 Å². The van der Waals surface area contributed by atoms with Crippen LogP contribution in [0.15, 0.2) is 36.5 Å². The lowest BCUT2D eigenvalue weighted by Gasteiger charge is -2.47. The lowest BCUT2D eigenvalue weighted by Crippen LogP contribution is -2.53. The Morgan fingerprint density at radius 2 is 1.67 bits per heavy atom. The minimum atomic E-state index is -0.870. The second-order valence-corrected chi connectivity index (χ2v) is 23.3. The number of urea groups is 1. The van der Waals surface area contributed by atoms with Crippen molar-refractivity contribution in [2.24, 2.45) is 22.7 Å². The summed E-state index contributed by atoms with van der Waals surface area (Å²) in [6.45, 7) is 8.58. The number of carboxylic acid groups (broad SMARTS) is 1. The lowest BCUT2D eigenvalue weighted by atomic mass is 9.65. The van der Waals surface area contributed by atoms with Crippen LogP contribution in [0.25, 0.3) is 22.2 Å². The zero-order valence-electron chi connectivity index (χ0n) is 42.5. The van der Waals surface area contributed by atoms with Gasteiger partial charge in [-0.25, -0.2) is 19.6 Å². The number of imide groups is 1. The van der Waals surface area contributed by atoms with Crippen LogP contribution in [-0.2, 0) is 9.59 Å². The fourth-order valence-electron chi connectivity index (χ4n) is 13.4. The average molecular weight is 1050 g/mol. The van der Waals surface area contributed by atoms with Crippen molar-refractivity contribution in [1.82, 2.24) is 45.4 Å². The van der Waals surface area contributed by atoms with E-state index in [2.05, 4.69) is 25.5 Å². The molecule has 20 heteroatoms. The third kappa shape index (κ3) is 9.99. The maximum atomic E-state index is 17.1. The molecule has 5 saturated heterocycles. The van der Waals surface area contributed by atoms with Crippen molar-refractivity contribution in [1.29, 1.82) is 0 Å². The van der Waals surface area contributed by atoms with E-state index in [1.807, 2.05) is 4.90 Å². The molecule has 18 nitrogen and oxygen atoms in total. The van der Waals surface area contributed by atoms with Crippen molar-refractivity contribution < 1.29 is 43.3 Å². The third-order valence-electron chi connectivity index (χ3n) is 18.1. The summed E-state index contributed by atoms with van der Waals surface area (Å²) in [7, 11) is 1.53. The number of hydrogen-bond donors (Lipinski definition) is 4. The smallest absolute Gasteiger partial charge is 0.328 e. The summed E-state index contributed by atoms with van der Waals surface area (Å²) in [5.41, 5.74) is 6.43. The number of carboxylic acids is 1. The number of phenols is 1. The number of anilines is 1. The number of fused-ring (bicyclic) bond motifs is 3. The summed E-state index contributed by atoms with van der Waals surface area (Å²) in [6, 6.07) is 6.70. The van der Waals surface area contributed by atoms with E-state index in [1.165, 1.54) is 49.8 Å². The second-order valence-electron chi connectivity index (χ2n) is 22.9. The molecular formula is C55H66ClFN10O8. The van der Waals surface area contributed by atoms with Gasteiger partial charge in [0.25, 0.3) is 5.91 Å². The van der Waals surface area contributed by atoms with Gasteiger partial charge >= 0.3 is 18.0 Å². The summed E-state index contributed by atoms with van der Waals surface area (Å²) >= 11 is 6.65. The molecular weight excluding hydrogens is 983 g/mol. The molecule has 4 aromatic rings. The SMILES string of the molecule is COc1ccc(C(=O)N2CCC3(CCC(CN4CCN(CC5(COc6nc(C7CC8CCN(N7)C8C(=O)O)c7cnc(-c8cc(O)cc(Cl)c8C8CC8)c(F)c7n6)CC5)CC4)CC3)CC2)cc1N1CCC(=O)NC1=O. The number of piperazine rings is 1. The number of phenolic OH excluding ortho intramolecular Hbond substituents is 1. The minimum absolute atomic E-state index is 0.0512. The van der Waals surface area contributed by atoms with Crippen molar-refractivity contribution in [2.75, 3.05) is 84.1 Å². The number of aromatic nitrogens is 3. The van der Waals surface area contributed by atoms with E-state index in [9.17, 15) is 29.4 Å². The Labute approximate surface area is 440 Å². The van der Waals surface area contributed by atoms with Gasteiger partial charge in [-0.1, -0.05) is 11.6 Å². The molecule has 1 spiro atoms. The largest absolute Gasteiger partial charge is 0.508 e. The molecule has 2 aromatic carbocycles. The van der Waals surface area contributed by atoms with Crippen molar-refractivity contribution in [3.05, 3.63) is 64.2 Å². The van der Waals surface area contributed by atoms with Crippen LogP contribution in [0.4, 0.5) is 14.9 Å². The number of amides is 4. The van der Waals surface area contributed by atoms with Gasteiger partial charge in [-0.2, -0.15) is 9.97 Å². The summed E-state index contributed by atoms with van der Waals surface area (Å²) in [4.78, 5) is 73.3. The molecule has 2 aromatic heterocycles. The number of nitrogens with zero attached hydrogens (tertiary/aromatic N) is 8. The molecule has 8 fully saturated rings. The quantitative estimate of drug-likeness (QED) is 0.0991. The summed E-state index contributed by atoms with van der Waals surface area (Å²) in [5.74, 6) is -0.785. The molecule has 4 atom stereocenters.